The third kappa shape index (κ3) is 3.65. The fourth-order valence-corrected chi connectivity index (χ4v) is 6.27. The smallest absolute Gasteiger partial charge is 0.246 e. The highest BCUT2D eigenvalue weighted by molar-refractivity contribution is 6.02. The molecule has 3 amide bonds. The fraction of sp³-hybridized carbons (Fsp3) is 0.593. The number of hydrogen-bond donors (Lipinski definition) is 2. The third-order valence-electron chi connectivity index (χ3n) is 8.20. The Morgan fingerprint density at radius 3 is 2.53 bits per heavy atom. The predicted octanol–water partition coefficient (Wildman–Crippen LogP) is 3.33. The van der Waals surface area contributed by atoms with Crippen LogP contribution in [0.5, 0.6) is 0 Å². The molecule has 3 heterocycles. The van der Waals surface area contributed by atoms with Gasteiger partial charge in [-0.15, -0.1) is 0 Å². The lowest BCUT2D eigenvalue weighted by Crippen LogP contribution is -2.58. The number of likely N-dealkylation sites (tertiary alicyclic amines) is 1. The number of carbonyl (C=O) groups excluding carboxylic acids is 3. The molecule has 3 aliphatic heterocycles. The molecule has 2 N–H and O–H groups in total. The lowest BCUT2D eigenvalue weighted by atomic mass is 9.74. The van der Waals surface area contributed by atoms with Crippen LogP contribution in [-0.4, -0.2) is 52.5 Å². The second-order valence-corrected chi connectivity index (χ2v) is 10.4. The van der Waals surface area contributed by atoms with E-state index < -0.39 is 29.6 Å². The molecule has 1 saturated carbocycles. The SMILES string of the molecule is CC[C@H](C)N1C(=O)[C@H]2[C@H](C(=O)Nc3ccc(C)cc3)[C@H]3C=C[C@@]2(O3)[C@@H]1C(=O)NC1CCCCC1. The van der Waals surface area contributed by atoms with E-state index in [1.165, 1.54) is 6.42 Å². The molecule has 5 rings (SSSR count). The topological polar surface area (TPSA) is 87.7 Å². The number of aryl methyl sites for hydroxylation is 1. The number of fused-ring (bicyclic) bond motifs is 1. The summed E-state index contributed by atoms with van der Waals surface area (Å²) in [6.07, 6.45) is 9.30. The van der Waals surface area contributed by atoms with Crippen molar-refractivity contribution in [1.82, 2.24) is 10.2 Å². The van der Waals surface area contributed by atoms with Crippen LogP contribution in [0.3, 0.4) is 0 Å². The Morgan fingerprint density at radius 1 is 1.15 bits per heavy atom. The van der Waals surface area contributed by atoms with Crippen molar-refractivity contribution in [1.29, 1.82) is 0 Å². The molecule has 1 spiro atoms. The van der Waals surface area contributed by atoms with E-state index >= 15 is 0 Å². The molecule has 34 heavy (non-hydrogen) atoms. The van der Waals surface area contributed by atoms with Gasteiger partial charge in [0.05, 0.1) is 17.9 Å². The van der Waals surface area contributed by atoms with Crippen LogP contribution in [-0.2, 0) is 19.1 Å². The quantitative estimate of drug-likeness (QED) is 0.631. The van der Waals surface area contributed by atoms with Crippen LogP contribution in [0.15, 0.2) is 36.4 Å². The van der Waals surface area contributed by atoms with E-state index in [1.807, 2.05) is 57.2 Å². The molecular weight excluding hydrogens is 430 g/mol. The molecule has 1 aromatic rings. The molecule has 0 radical (unpaired) electrons. The average molecular weight is 466 g/mol. The molecule has 0 unspecified atom stereocenters. The number of ether oxygens (including phenoxy) is 1. The number of rotatable bonds is 6. The maximum absolute atomic E-state index is 13.8. The minimum Gasteiger partial charge on any atom is -0.359 e. The molecule has 1 aliphatic carbocycles. The average Bonchev–Trinajstić information content (AvgIpc) is 3.48. The van der Waals surface area contributed by atoms with Crippen molar-refractivity contribution in [3.63, 3.8) is 0 Å². The van der Waals surface area contributed by atoms with Gasteiger partial charge < -0.3 is 20.3 Å². The monoisotopic (exact) mass is 465 g/mol. The molecule has 7 nitrogen and oxygen atoms in total. The number of nitrogens with zero attached hydrogens (tertiary/aromatic N) is 1. The summed E-state index contributed by atoms with van der Waals surface area (Å²) in [7, 11) is 0. The van der Waals surface area contributed by atoms with Gasteiger partial charge in [0.2, 0.25) is 17.7 Å². The van der Waals surface area contributed by atoms with Crippen LogP contribution in [0.25, 0.3) is 0 Å². The highest BCUT2D eigenvalue weighted by atomic mass is 16.5. The lowest BCUT2D eigenvalue weighted by molar-refractivity contribution is -0.143. The Kier molecular flexibility index (Phi) is 6.00. The summed E-state index contributed by atoms with van der Waals surface area (Å²) in [6.45, 7) is 5.96. The van der Waals surface area contributed by atoms with Gasteiger partial charge in [0.15, 0.2) is 0 Å². The number of anilines is 1. The van der Waals surface area contributed by atoms with Gasteiger partial charge in [0.25, 0.3) is 0 Å². The summed E-state index contributed by atoms with van der Waals surface area (Å²) in [4.78, 5) is 42.7. The normalized spacial score (nSPS) is 33.1. The first kappa shape index (κ1) is 23.1. The molecule has 7 heteroatoms. The van der Waals surface area contributed by atoms with E-state index in [9.17, 15) is 14.4 Å². The predicted molar refractivity (Wildman–Crippen MR) is 129 cm³/mol. The zero-order valence-electron chi connectivity index (χ0n) is 20.3. The highest BCUT2D eigenvalue weighted by Crippen LogP contribution is 2.55. The maximum atomic E-state index is 13.8. The standard InChI is InChI=1S/C27H35N3O4/c1-4-17(3)30-23(25(32)29-18-8-6-5-7-9-18)27-15-14-20(34-27)21(22(27)26(30)33)24(31)28-19-12-10-16(2)11-13-19/h10-15,17-18,20-23H,4-9H2,1-3H3,(H,28,31)(H,29,32)/t17-,20+,21+,22+,23-,27-/m0/s1. The van der Waals surface area contributed by atoms with Gasteiger partial charge in [-0.2, -0.15) is 0 Å². The molecule has 0 aromatic heterocycles. The summed E-state index contributed by atoms with van der Waals surface area (Å²) in [5.74, 6) is -1.93. The van der Waals surface area contributed by atoms with Gasteiger partial charge in [0, 0.05) is 17.8 Å². The lowest BCUT2D eigenvalue weighted by Gasteiger charge is -2.36. The minimum atomic E-state index is -1.10. The summed E-state index contributed by atoms with van der Waals surface area (Å²) < 4.78 is 6.40. The fourth-order valence-electron chi connectivity index (χ4n) is 6.27. The van der Waals surface area contributed by atoms with Crippen molar-refractivity contribution in [3.8, 4) is 0 Å². The van der Waals surface area contributed by atoms with Crippen LogP contribution < -0.4 is 10.6 Å². The molecular formula is C27H35N3O4. The Hall–Kier alpha value is -2.67. The molecule has 2 bridgehead atoms. The van der Waals surface area contributed by atoms with Gasteiger partial charge in [0.1, 0.15) is 11.6 Å². The number of hydrogen-bond acceptors (Lipinski definition) is 4. The highest BCUT2D eigenvalue weighted by Gasteiger charge is 2.73. The molecule has 1 aromatic carbocycles. The largest absolute Gasteiger partial charge is 0.359 e. The van der Waals surface area contributed by atoms with E-state index in [0.717, 1.165) is 37.7 Å². The van der Waals surface area contributed by atoms with Gasteiger partial charge in [-0.1, -0.05) is 56.0 Å². The van der Waals surface area contributed by atoms with Crippen molar-refractivity contribution in [2.45, 2.75) is 89.1 Å². The number of carbonyl (C=O) groups is 3. The first-order valence-electron chi connectivity index (χ1n) is 12.7. The number of benzene rings is 1. The first-order chi connectivity index (χ1) is 16.4. The van der Waals surface area contributed by atoms with Crippen LogP contribution in [0.2, 0.25) is 0 Å². The molecule has 2 saturated heterocycles. The molecule has 3 fully saturated rings. The zero-order valence-corrected chi connectivity index (χ0v) is 20.3. The number of amides is 3. The van der Waals surface area contributed by atoms with Crippen LogP contribution in [0.1, 0.15) is 57.9 Å². The van der Waals surface area contributed by atoms with E-state index in [2.05, 4.69) is 10.6 Å². The van der Waals surface area contributed by atoms with E-state index in [-0.39, 0.29) is 29.8 Å². The van der Waals surface area contributed by atoms with Crippen molar-refractivity contribution >= 4 is 23.4 Å². The van der Waals surface area contributed by atoms with E-state index in [4.69, 9.17) is 4.74 Å². The molecule has 4 aliphatic rings. The van der Waals surface area contributed by atoms with Crippen LogP contribution in [0, 0.1) is 18.8 Å². The maximum Gasteiger partial charge on any atom is 0.246 e. The zero-order chi connectivity index (χ0) is 24.0. The second kappa shape index (κ2) is 8.84. The summed E-state index contributed by atoms with van der Waals surface area (Å²) >= 11 is 0. The van der Waals surface area contributed by atoms with Crippen molar-refractivity contribution in [2.24, 2.45) is 11.8 Å². The van der Waals surface area contributed by atoms with Crippen LogP contribution >= 0.6 is 0 Å². The van der Waals surface area contributed by atoms with Crippen molar-refractivity contribution in [2.75, 3.05) is 5.32 Å². The number of nitrogens with one attached hydrogen (secondary N) is 2. The summed E-state index contributed by atoms with van der Waals surface area (Å²) in [5, 5.41) is 6.19. The second-order valence-electron chi connectivity index (χ2n) is 10.4. The van der Waals surface area contributed by atoms with Gasteiger partial charge >= 0.3 is 0 Å². The van der Waals surface area contributed by atoms with Crippen LogP contribution in [0.4, 0.5) is 5.69 Å². The minimum absolute atomic E-state index is 0.133. The summed E-state index contributed by atoms with van der Waals surface area (Å²) in [5.41, 5.74) is 0.691. The Balaban J connectivity index is 1.44. The summed E-state index contributed by atoms with van der Waals surface area (Å²) in [6, 6.07) is 6.82. The van der Waals surface area contributed by atoms with Gasteiger partial charge in [-0.25, -0.2) is 0 Å². The van der Waals surface area contributed by atoms with Gasteiger partial charge in [-0.05, 0) is 45.2 Å². The Labute approximate surface area is 201 Å². The molecule has 6 atom stereocenters. The first-order valence-corrected chi connectivity index (χ1v) is 12.7. The van der Waals surface area contributed by atoms with E-state index in [0.29, 0.717) is 5.69 Å². The Morgan fingerprint density at radius 2 is 1.85 bits per heavy atom. The van der Waals surface area contributed by atoms with E-state index in [1.54, 1.807) is 4.90 Å². The van der Waals surface area contributed by atoms with Crippen molar-refractivity contribution in [3.05, 3.63) is 42.0 Å². The Bertz CT molecular complexity index is 1000. The molecule has 182 valence electrons. The third-order valence-corrected chi connectivity index (χ3v) is 8.20. The van der Waals surface area contributed by atoms with Gasteiger partial charge in [-0.3, -0.25) is 14.4 Å². The van der Waals surface area contributed by atoms with Crippen molar-refractivity contribution < 1.29 is 19.1 Å².